The molecule has 0 aliphatic heterocycles. The molecule has 0 amide bonds. The summed E-state index contributed by atoms with van der Waals surface area (Å²) in [6.45, 7) is 3.33. The molecule has 4 nitrogen and oxygen atoms in total. The second-order valence-electron chi connectivity index (χ2n) is 8.09. The lowest BCUT2D eigenvalue weighted by Gasteiger charge is -2.27. The second kappa shape index (κ2) is 9.73. The summed E-state index contributed by atoms with van der Waals surface area (Å²) in [4.78, 5) is 0. The molecule has 0 saturated heterocycles. The Bertz CT molecular complexity index is 1020. The van der Waals surface area contributed by atoms with Crippen molar-refractivity contribution < 1.29 is 28.1 Å². The van der Waals surface area contributed by atoms with Crippen molar-refractivity contribution in [3.05, 3.63) is 95.6 Å². The first-order chi connectivity index (χ1) is 15.0. The molecule has 170 valence electrons. The normalized spacial score (nSPS) is 14.1. The van der Waals surface area contributed by atoms with E-state index in [1.807, 2.05) is 6.07 Å². The van der Waals surface area contributed by atoms with Crippen molar-refractivity contribution in [1.82, 2.24) is 5.32 Å². The van der Waals surface area contributed by atoms with E-state index in [4.69, 9.17) is 4.74 Å². The molecule has 7 heteroatoms. The maximum atomic E-state index is 13.4. The average Bonchev–Trinajstić information content (AvgIpc) is 2.74. The van der Waals surface area contributed by atoms with Crippen molar-refractivity contribution in [1.29, 1.82) is 0 Å². The first kappa shape index (κ1) is 23.8. The predicted molar refractivity (Wildman–Crippen MR) is 116 cm³/mol. The summed E-state index contributed by atoms with van der Waals surface area (Å²) >= 11 is 0. The highest BCUT2D eigenvalue weighted by atomic mass is 19.4. The van der Waals surface area contributed by atoms with Crippen LogP contribution in [0.1, 0.15) is 36.6 Å². The van der Waals surface area contributed by atoms with Crippen LogP contribution in [0.4, 0.5) is 13.2 Å². The van der Waals surface area contributed by atoms with Gasteiger partial charge in [0.15, 0.2) is 6.10 Å². The highest BCUT2D eigenvalue weighted by Gasteiger charge is 2.44. The molecule has 3 N–H and O–H groups in total. The smallest absolute Gasteiger partial charge is 0.416 e. The molecule has 0 fully saturated rings. The van der Waals surface area contributed by atoms with E-state index in [0.29, 0.717) is 22.6 Å². The van der Waals surface area contributed by atoms with Crippen molar-refractivity contribution in [3.63, 3.8) is 0 Å². The number of hydrogen-bond acceptors (Lipinski definition) is 4. The minimum absolute atomic E-state index is 0.0610. The van der Waals surface area contributed by atoms with Gasteiger partial charge in [0.05, 0.1) is 11.6 Å². The van der Waals surface area contributed by atoms with Gasteiger partial charge in [-0.05, 0) is 54.8 Å². The van der Waals surface area contributed by atoms with Gasteiger partial charge in [0.2, 0.25) is 0 Å². The molecule has 0 bridgehead atoms. The van der Waals surface area contributed by atoms with Crippen LogP contribution in [-0.4, -0.2) is 22.5 Å². The molecule has 0 saturated carbocycles. The third-order valence-electron chi connectivity index (χ3n) is 5.01. The van der Waals surface area contributed by atoms with Gasteiger partial charge in [-0.3, -0.25) is 0 Å². The topological polar surface area (TPSA) is 61.7 Å². The van der Waals surface area contributed by atoms with Crippen molar-refractivity contribution in [3.8, 4) is 11.5 Å². The van der Waals surface area contributed by atoms with E-state index in [1.54, 1.807) is 74.5 Å². The summed E-state index contributed by atoms with van der Waals surface area (Å²) in [6, 6.07) is 20.6. The van der Waals surface area contributed by atoms with Crippen LogP contribution in [0.25, 0.3) is 0 Å². The van der Waals surface area contributed by atoms with Crippen LogP contribution in [0, 0.1) is 0 Å². The molecular formula is C25H26F3NO3. The van der Waals surface area contributed by atoms with Crippen LogP contribution in [0.2, 0.25) is 0 Å². The molecule has 0 aliphatic carbocycles. The molecule has 0 heterocycles. The maximum Gasteiger partial charge on any atom is 0.416 e. The SMILES string of the molecule is CC(C)(O)c1cccc(CNC(c2cccc(Oc3ccccc3)c2)C(O)C(F)(F)F)c1. The molecule has 32 heavy (non-hydrogen) atoms. The van der Waals surface area contributed by atoms with Crippen LogP contribution >= 0.6 is 0 Å². The maximum absolute atomic E-state index is 13.4. The molecule has 3 aromatic rings. The van der Waals surface area contributed by atoms with Crippen LogP contribution in [0.15, 0.2) is 78.9 Å². The van der Waals surface area contributed by atoms with Crippen molar-refractivity contribution in [2.45, 2.75) is 44.3 Å². The molecule has 2 unspecified atom stereocenters. The summed E-state index contributed by atoms with van der Waals surface area (Å²) in [7, 11) is 0. The van der Waals surface area contributed by atoms with Gasteiger partial charge in [0, 0.05) is 6.54 Å². The first-order valence-electron chi connectivity index (χ1n) is 10.2. The summed E-state index contributed by atoms with van der Waals surface area (Å²) in [5.74, 6) is 0.910. The van der Waals surface area contributed by atoms with Gasteiger partial charge in [-0.25, -0.2) is 0 Å². The van der Waals surface area contributed by atoms with E-state index >= 15 is 0 Å². The largest absolute Gasteiger partial charge is 0.457 e. The molecular weight excluding hydrogens is 419 g/mol. The summed E-state index contributed by atoms with van der Waals surface area (Å²) in [5.41, 5.74) is 0.481. The molecule has 0 spiro atoms. The Morgan fingerprint density at radius 2 is 1.53 bits per heavy atom. The number of nitrogens with one attached hydrogen (secondary N) is 1. The number of benzene rings is 3. The van der Waals surface area contributed by atoms with Crippen molar-refractivity contribution in [2.24, 2.45) is 0 Å². The number of alkyl halides is 3. The lowest BCUT2D eigenvalue weighted by atomic mass is 9.96. The Kier molecular flexibility index (Phi) is 7.23. The van der Waals surface area contributed by atoms with Crippen LogP contribution < -0.4 is 10.1 Å². The standard InChI is InChI=1S/C25H26F3NO3/c1-24(2,31)19-10-6-8-17(14-19)16-29-22(23(30)25(26,27)28)18-9-7-13-21(15-18)32-20-11-4-3-5-12-20/h3-15,22-23,29-31H,16H2,1-2H3. The van der Waals surface area contributed by atoms with E-state index in [1.165, 1.54) is 12.1 Å². The molecule has 0 aliphatic rings. The fraction of sp³-hybridized carbons (Fsp3) is 0.280. The third-order valence-corrected chi connectivity index (χ3v) is 5.01. The minimum atomic E-state index is -4.82. The summed E-state index contributed by atoms with van der Waals surface area (Å²) in [5, 5.41) is 23.1. The number of halogens is 3. The van der Waals surface area contributed by atoms with Crippen LogP contribution in [0.3, 0.4) is 0 Å². The van der Waals surface area contributed by atoms with Crippen LogP contribution in [-0.2, 0) is 12.1 Å². The minimum Gasteiger partial charge on any atom is -0.457 e. The Morgan fingerprint density at radius 3 is 2.19 bits per heavy atom. The Hall–Kier alpha value is -2.87. The number of aliphatic hydroxyl groups is 2. The highest BCUT2D eigenvalue weighted by molar-refractivity contribution is 5.36. The van der Waals surface area contributed by atoms with Gasteiger partial charge in [-0.2, -0.15) is 13.2 Å². The van der Waals surface area contributed by atoms with Gasteiger partial charge in [-0.1, -0.05) is 54.6 Å². The number of hydrogen-bond donors (Lipinski definition) is 3. The zero-order chi connectivity index (χ0) is 23.4. The summed E-state index contributed by atoms with van der Waals surface area (Å²) < 4.78 is 46.0. The van der Waals surface area contributed by atoms with Crippen molar-refractivity contribution >= 4 is 0 Å². The van der Waals surface area contributed by atoms with Crippen LogP contribution in [0.5, 0.6) is 11.5 Å². The lowest BCUT2D eigenvalue weighted by Crippen LogP contribution is -2.41. The monoisotopic (exact) mass is 445 g/mol. The van der Waals surface area contributed by atoms with Crippen molar-refractivity contribution in [2.75, 3.05) is 0 Å². The number of ether oxygens (including phenoxy) is 1. The van der Waals surface area contributed by atoms with Gasteiger partial charge >= 0.3 is 6.18 Å². The second-order valence-corrected chi connectivity index (χ2v) is 8.09. The Balaban J connectivity index is 1.85. The Morgan fingerprint density at radius 1 is 0.875 bits per heavy atom. The molecule has 0 radical (unpaired) electrons. The zero-order valence-electron chi connectivity index (χ0n) is 17.8. The van der Waals surface area contributed by atoms with E-state index in [0.717, 1.165) is 0 Å². The van der Waals surface area contributed by atoms with Gasteiger partial charge in [-0.15, -0.1) is 0 Å². The van der Waals surface area contributed by atoms with E-state index in [2.05, 4.69) is 5.32 Å². The fourth-order valence-corrected chi connectivity index (χ4v) is 3.29. The molecule has 0 aromatic heterocycles. The molecule has 3 rings (SSSR count). The number of para-hydroxylation sites is 1. The van der Waals surface area contributed by atoms with Gasteiger partial charge in [0.25, 0.3) is 0 Å². The zero-order valence-corrected chi connectivity index (χ0v) is 17.8. The van der Waals surface area contributed by atoms with E-state index < -0.39 is 23.9 Å². The fourth-order valence-electron chi connectivity index (χ4n) is 3.29. The third kappa shape index (κ3) is 6.32. The van der Waals surface area contributed by atoms with Gasteiger partial charge < -0.3 is 20.3 Å². The molecule has 2 atom stereocenters. The number of aliphatic hydroxyl groups excluding tert-OH is 1. The Labute approximate surface area is 185 Å². The lowest BCUT2D eigenvalue weighted by molar-refractivity contribution is -0.213. The molecule has 3 aromatic carbocycles. The van der Waals surface area contributed by atoms with Gasteiger partial charge in [0.1, 0.15) is 11.5 Å². The predicted octanol–water partition coefficient (Wildman–Crippen LogP) is 5.46. The average molecular weight is 445 g/mol. The first-order valence-corrected chi connectivity index (χ1v) is 10.2. The van der Waals surface area contributed by atoms with E-state index in [-0.39, 0.29) is 12.1 Å². The van der Waals surface area contributed by atoms with E-state index in [9.17, 15) is 23.4 Å². The highest BCUT2D eigenvalue weighted by Crippen LogP contribution is 2.33. The summed E-state index contributed by atoms with van der Waals surface area (Å²) in [6.07, 6.45) is -7.44. The number of rotatable bonds is 8. The quantitative estimate of drug-likeness (QED) is 0.431.